The highest BCUT2D eigenvalue weighted by Crippen LogP contribution is 2.61. The molecule has 3 heterocycles. The third-order valence-corrected chi connectivity index (χ3v) is 12.2. The number of furan rings is 1. The highest BCUT2D eigenvalue weighted by molar-refractivity contribution is 8.04. The van der Waals surface area contributed by atoms with Crippen molar-refractivity contribution in [3.8, 4) is 0 Å². The lowest BCUT2D eigenvalue weighted by molar-refractivity contribution is 0.197. The van der Waals surface area contributed by atoms with Crippen LogP contribution in [0.3, 0.4) is 0 Å². The number of thioether (sulfide) groups is 1. The molecule has 0 spiro atoms. The molecule has 0 bridgehead atoms. The van der Waals surface area contributed by atoms with Gasteiger partial charge in [0.25, 0.3) is 0 Å². The van der Waals surface area contributed by atoms with Gasteiger partial charge in [0, 0.05) is 22.1 Å². The summed E-state index contributed by atoms with van der Waals surface area (Å²) in [6.45, 7) is 0. The molecule has 3 heteroatoms. The Morgan fingerprint density at radius 3 is 2.70 bits per heavy atom. The first-order valence-corrected chi connectivity index (χ1v) is 15.3. The van der Waals surface area contributed by atoms with Crippen molar-refractivity contribution in [1.29, 1.82) is 0 Å². The van der Waals surface area contributed by atoms with Crippen LogP contribution in [0.1, 0.15) is 32.1 Å². The van der Waals surface area contributed by atoms with Gasteiger partial charge in [0.2, 0.25) is 0 Å². The van der Waals surface area contributed by atoms with E-state index in [2.05, 4.69) is 102 Å². The zero-order valence-electron chi connectivity index (χ0n) is 21.1. The van der Waals surface area contributed by atoms with Crippen molar-refractivity contribution in [3.05, 3.63) is 89.9 Å². The summed E-state index contributed by atoms with van der Waals surface area (Å²) in [5, 5.41) is 3.20. The molecule has 0 amide bonds. The second-order valence-electron chi connectivity index (χ2n) is 12.1. The van der Waals surface area contributed by atoms with Crippen molar-refractivity contribution in [1.82, 2.24) is 0 Å². The van der Waals surface area contributed by atoms with Crippen LogP contribution in [-0.4, -0.2) is 17.3 Å². The summed E-state index contributed by atoms with van der Waals surface area (Å²) in [4.78, 5) is 4.49. The quantitative estimate of drug-likeness (QED) is 0.310. The Morgan fingerprint density at radius 2 is 1.70 bits per heavy atom. The first-order valence-electron chi connectivity index (χ1n) is 14.4. The van der Waals surface area contributed by atoms with Crippen molar-refractivity contribution in [3.63, 3.8) is 0 Å². The molecule has 9 unspecified atom stereocenters. The van der Waals surface area contributed by atoms with Crippen LogP contribution in [0.2, 0.25) is 0 Å². The Kier molecular flexibility index (Phi) is 4.56. The normalized spacial score (nSPS) is 39.3. The van der Waals surface area contributed by atoms with Crippen molar-refractivity contribution >= 4 is 39.4 Å². The summed E-state index contributed by atoms with van der Waals surface area (Å²) >= 11 is 2.25. The van der Waals surface area contributed by atoms with Crippen molar-refractivity contribution in [2.24, 2.45) is 35.5 Å². The molecule has 0 N–H and O–H groups in total. The standard InChI is InChI=1S/C34H33NOS/c1-4-12-27-26(10-1)32-22-16-17-24-21-9-3-6-15-31(21)37-34(24)25(22)18-19-28(32)35(27)29-13-7-11-23-20-8-2-5-14-30(20)36-33(23)29/h1-2,4-5,7-8,11,13-19,21-22,24-28,32,34H,3,6,9-10,12H2. The molecule has 2 nitrogen and oxygen atoms in total. The summed E-state index contributed by atoms with van der Waals surface area (Å²) in [7, 11) is 0. The van der Waals surface area contributed by atoms with Crippen molar-refractivity contribution < 1.29 is 4.42 Å². The van der Waals surface area contributed by atoms with Gasteiger partial charge >= 0.3 is 0 Å². The number of allylic oxidation sites excluding steroid dienone is 6. The van der Waals surface area contributed by atoms with Crippen LogP contribution in [0, 0.1) is 35.5 Å². The van der Waals surface area contributed by atoms with E-state index in [1.165, 1.54) is 42.1 Å². The van der Waals surface area contributed by atoms with Crippen LogP contribution in [0.15, 0.2) is 94.3 Å². The molecule has 0 saturated carbocycles. The second-order valence-corrected chi connectivity index (χ2v) is 13.4. The van der Waals surface area contributed by atoms with E-state index in [9.17, 15) is 0 Å². The maximum absolute atomic E-state index is 6.57. The smallest absolute Gasteiger partial charge is 0.158 e. The fourth-order valence-electron chi connectivity index (χ4n) is 9.13. The predicted octanol–water partition coefficient (Wildman–Crippen LogP) is 8.51. The number of fused-ring (bicyclic) bond motifs is 12. The highest BCUT2D eigenvalue weighted by atomic mass is 32.2. The molecule has 6 aliphatic rings. The van der Waals surface area contributed by atoms with Gasteiger partial charge in [-0.1, -0.05) is 72.9 Å². The van der Waals surface area contributed by atoms with Crippen molar-refractivity contribution in [2.45, 2.75) is 49.4 Å². The number of anilines is 1. The number of rotatable bonds is 1. The lowest BCUT2D eigenvalue weighted by Gasteiger charge is -2.44. The molecule has 4 aliphatic carbocycles. The number of para-hydroxylation sites is 2. The molecule has 37 heavy (non-hydrogen) atoms. The summed E-state index contributed by atoms with van der Waals surface area (Å²) in [6, 6.07) is 16.3. The van der Waals surface area contributed by atoms with Crippen LogP contribution >= 0.6 is 11.8 Å². The van der Waals surface area contributed by atoms with E-state index >= 15 is 0 Å². The average molecular weight is 504 g/mol. The van der Waals surface area contributed by atoms with Crippen LogP contribution < -0.4 is 4.90 Å². The van der Waals surface area contributed by atoms with Gasteiger partial charge in [0.1, 0.15) is 5.58 Å². The van der Waals surface area contributed by atoms with E-state index in [1.54, 1.807) is 4.91 Å². The van der Waals surface area contributed by atoms with E-state index < -0.39 is 0 Å². The van der Waals surface area contributed by atoms with Crippen LogP contribution in [-0.2, 0) is 0 Å². The minimum absolute atomic E-state index is 0.434. The molecule has 2 fully saturated rings. The Balaban J connectivity index is 1.16. The number of benzene rings is 2. The topological polar surface area (TPSA) is 16.4 Å². The molecule has 9 atom stereocenters. The molecular formula is C34H33NOS. The van der Waals surface area contributed by atoms with E-state index in [4.69, 9.17) is 4.42 Å². The predicted molar refractivity (Wildman–Crippen MR) is 155 cm³/mol. The van der Waals surface area contributed by atoms with Gasteiger partial charge in [-0.3, -0.25) is 0 Å². The molecule has 9 rings (SSSR count). The third kappa shape index (κ3) is 2.90. The first-order chi connectivity index (χ1) is 18.4. The zero-order chi connectivity index (χ0) is 24.1. The van der Waals surface area contributed by atoms with Gasteiger partial charge in [-0.15, -0.1) is 11.8 Å². The lowest BCUT2D eigenvalue weighted by atomic mass is 9.62. The molecular weight excluding hydrogens is 470 g/mol. The highest BCUT2D eigenvalue weighted by Gasteiger charge is 2.57. The number of hydrogen-bond donors (Lipinski definition) is 0. The number of nitrogens with zero attached hydrogens (tertiary/aromatic N) is 1. The van der Waals surface area contributed by atoms with E-state index in [-0.39, 0.29) is 0 Å². The molecule has 1 aromatic heterocycles. The van der Waals surface area contributed by atoms with Crippen LogP contribution in [0.4, 0.5) is 5.69 Å². The van der Waals surface area contributed by atoms with Crippen molar-refractivity contribution in [2.75, 3.05) is 4.90 Å². The van der Waals surface area contributed by atoms with Gasteiger partial charge in [-0.05, 0) is 84.6 Å². The summed E-state index contributed by atoms with van der Waals surface area (Å²) in [6.07, 6.45) is 24.5. The Morgan fingerprint density at radius 1 is 0.838 bits per heavy atom. The lowest BCUT2D eigenvalue weighted by Crippen LogP contribution is -2.44. The summed E-state index contributed by atoms with van der Waals surface area (Å²) in [5.41, 5.74) is 3.35. The maximum Gasteiger partial charge on any atom is 0.158 e. The van der Waals surface area contributed by atoms with Crippen LogP contribution in [0.5, 0.6) is 0 Å². The molecule has 2 aliphatic heterocycles. The average Bonchev–Trinajstić information content (AvgIpc) is 3.62. The van der Waals surface area contributed by atoms with Crippen LogP contribution in [0.25, 0.3) is 21.9 Å². The molecule has 186 valence electrons. The van der Waals surface area contributed by atoms with E-state index in [1.807, 2.05) is 0 Å². The zero-order valence-corrected chi connectivity index (χ0v) is 21.9. The minimum Gasteiger partial charge on any atom is -0.454 e. The van der Waals surface area contributed by atoms with Gasteiger partial charge in [-0.25, -0.2) is 0 Å². The van der Waals surface area contributed by atoms with E-state index in [0.717, 1.165) is 34.7 Å². The monoisotopic (exact) mass is 503 g/mol. The Labute approximate surface area is 223 Å². The van der Waals surface area contributed by atoms with E-state index in [0.29, 0.717) is 35.8 Å². The fraction of sp³-hybridized carbons (Fsp3) is 0.412. The minimum atomic E-state index is 0.434. The summed E-state index contributed by atoms with van der Waals surface area (Å²) in [5.74, 6) is 4.20. The molecule has 2 aromatic carbocycles. The molecule has 3 aromatic rings. The SMILES string of the molecule is C1=CCC2C(C1)C1C3C=CC4C5CCCC=C5SC4C3C=CC1N2c1cccc2c1oc1ccccc12. The third-order valence-electron chi connectivity index (χ3n) is 10.6. The van der Waals surface area contributed by atoms with Gasteiger partial charge in [0.15, 0.2) is 5.58 Å². The summed E-state index contributed by atoms with van der Waals surface area (Å²) < 4.78 is 6.57. The fourth-order valence-corrected chi connectivity index (χ4v) is 11.0. The maximum atomic E-state index is 6.57. The molecule has 2 saturated heterocycles. The Bertz CT molecular complexity index is 1530. The Hall–Kier alpha value is -2.65. The second kappa shape index (κ2) is 7.93. The first kappa shape index (κ1) is 21.3. The molecule has 0 radical (unpaired) electrons. The van der Waals surface area contributed by atoms with Gasteiger partial charge < -0.3 is 9.32 Å². The largest absolute Gasteiger partial charge is 0.454 e. The van der Waals surface area contributed by atoms with Gasteiger partial charge in [0.05, 0.1) is 11.7 Å². The number of hydrogen-bond acceptors (Lipinski definition) is 3. The van der Waals surface area contributed by atoms with Gasteiger partial charge in [-0.2, -0.15) is 0 Å².